The van der Waals surface area contributed by atoms with Gasteiger partial charge < -0.3 is 5.73 Å². The number of nitrogens with one attached hydrogen (secondary N) is 1. The number of aryl methyl sites for hydroxylation is 1. The van der Waals surface area contributed by atoms with E-state index in [9.17, 15) is 12.8 Å². The van der Waals surface area contributed by atoms with Crippen LogP contribution >= 0.6 is 11.3 Å². The maximum atomic E-state index is 13.5. The average Bonchev–Trinajstić information content (AvgIpc) is 3.16. The van der Waals surface area contributed by atoms with Crippen molar-refractivity contribution in [3.8, 4) is 0 Å². The second-order valence-electron chi connectivity index (χ2n) is 5.10. The fourth-order valence-electron chi connectivity index (χ4n) is 1.99. The van der Waals surface area contributed by atoms with Gasteiger partial charge in [0.1, 0.15) is 5.82 Å². The zero-order valence-electron chi connectivity index (χ0n) is 11.3. The Bertz CT molecular complexity index is 774. The highest BCUT2D eigenvalue weighted by Gasteiger charge is 2.27. The van der Waals surface area contributed by atoms with Crippen molar-refractivity contribution in [2.75, 3.05) is 10.5 Å². The number of halogens is 1. The zero-order chi connectivity index (χ0) is 15.2. The van der Waals surface area contributed by atoms with Crippen molar-refractivity contribution in [3.05, 3.63) is 34.6 Å². The normalized spacial score (nSPS) is 15.1. The van der Waals surface area contributed by atoms with Crippen LogP contribution in [0.25, 0.3) is 0 Å². The van der Waals surface area contributed by atoms with E-state index in [-0.39, 0.29) is 16.1 Å². The van der Waals surface area contributed by atoms with Crippen LogP contribution in [0.15, 0.2) is 22.4 Å². The molecule has 1 saturated carbocycles. The second-order valence-corrected chi connectivity index (χ2v) is 7.64. The Kier molecular flexibility index (Phi) is 3.37. The van der Waals surface area contributed by atoms with Crippen LogP contribution in [-0.4, -0.2) is 13.4 Å². The summed E-state index contributed by atoms with van der Waals surface area (Å²) in [7, 11) is -3.82. The minimum Gasteiger partial charge on any atom is -0.396 e. The molecule has 3 rings (SSSR count). The predicted octanol–water partition coefficient (Wildman–Crippen LogP) is 2.85. The van der Waals surface area contributed by atoms with Crippen molar-refractivity contribution >= 4 is 32.2 Å². The molecular weight excluding hydrogens is 313 g/mol. The summed E-state index contributed by atoms with van der Waals surface area (Å²) in [5.74, 6) is -0.137. The lowest BCUT2D eigenvalue weighted by molar-refractivity contribution is 0.599. The first kappa shape index (κ1) is 14.3. The first-order valence-electron chi connectivity index (χ1n) is 6.40. The smallest absolute Gasteiger partial charge is 0.263 e. The molecule has 0 aliphatic heterocycles. The first-order valence-corrected chi connectivity index (χ1v) is 8.77. The molecule has 1 aromatic carbocycles. The summed E-state index contributed by atoms with van der Waals surface area (Å²) >= 11 is 1.24. The number of benzene rings is 1. The van der Waals surface area contributed by atoms with Crippen molar-refractivity contribution in [3.63, 3.8) is 0 Å². The molecule has 21 heavy (non-hydrogen) atoms. The number of nitrogens with zero attached hydrogens (tertiary/aromatic N) is 1. The third-order valence-electron chi connectivity index (χ3n) is 3.31. The standard InChI is InChI=1S/C13H14FN3O2S2/c1-7-4-9(5-10(15)12(7)14)21(18,19)17-13-16-11(6-20-13)8-2-3-8/h4-6,8H,2-3,15H2,1H3,(H,16,17). The van der Waals surface area contributed by atoms with E-state index >= 15 is 0 Å². The predicted molar refractivity (Wildman–Crippen MR) is 80.4 cm³/mol. The molecule has 0 saturated heterocycles. The molecule has 0 amide bonds. The number of nitrogen functional groups attached to an aromatic ring is 1. The fourth-order valence-corrected chi connectivity index (χ4v) is 4.16. The van der Waals surface area contributed by atoms with Crippen molar-refractivity contribution < 1.29 is 12.8 Å². The van der Waals surface area contributed by atoms with E-state index in [1.165, 1.54) is 24.3 Å². The molecule has 1 aliphatic rings. The van der Waals surface area contributed by atoms with E-state index in [0.717, 1.165) is 24.6 Å². The SMILES string of the molecule is Cc1cc(S(=O)(=O)Nc2nc(C3CC3)cs2)cc(N)c1F. The van der Waals surface area contributed by atoms with Crippen LogP contribution in [0.5, 0.6) is 0 Å². The molecule has 8 heteroatoms. The van der Waals surface area contributed by atoms with Crippen molar-refractivity contribution in [2.24, 2.45) is 0 Å². The van der Waals surface area contributed by atoms with E-state index < -0.39 is 15.8 Å². The van der Waals surface area contributed by atoms with Gasteiger partial charge in [-0.2, -0.15) is 0 Å². The third kappa shape index (κ3) is 2.86. The van der Waals surface area contributed by atoms with E-state index in [4.69, 9.17) is 5.73 Å². The van der Waals surface area contributed by atoms with Crippen molar-refractivity contribution in [1.82, 2.24) is 4.98 Å². The van der Waals surface area contributed by atoms with Crippen LogP contribution in [0, 0.1) is 12.7 Å². The highest BCUT2D eigenvalue weighted by Crippen LogP contribution is 2.41. The minimum absolute atomic E-state index is 0.0675. The molecule has 0 unspecified atom stereocenters. The number of anilines is 2. The van der Waals surface area contributed by atoms with Crippen molar-refractivity contribution in [1.29, 1.82) is 0 Å². The summed E-state index contributed by atoms with van der Waals surface area (Å²) in [6.07, 6.45) is 2.20. The highest BCUT2D eigenvalue weighted by atomic mass is 32.2. The molecule has 2 aromatic rings. The Hall–Kier alpha value is -1.67. The van der Waals surface area contributed by atoms with Crippen LogP contribution in [0.4, 0.5) is 15.2 Å². The third-order valence-corrected chi connectivity index (χ3v) is 5.53. The Morgan fingerprint density at radius 2 is 2.14 bits per heavy atom. The van der Waals surface area contributed by atoms with Crippen LogP contribution < -0.4 is 10.5 Å². The van der Waals surface area contributed by atoms with Gasteiger partial charge in [0, 0.05) is 11.3 Å². The van der Waals surface area contributed by atoms with Gasteiger partial charge in [-0.1, -0.05) is 0 Å². The molecule has 0 radical (unpaired) electrons. The van der Waals surface area contributed by atoms with Gasteiger partial charge in [-0.05, 0) is 37.5 Å². The lowest BCUT2D eigenvalue weighted by Crippen LogP contribution is -2.14. The molecule has 0 spiro atoms. The Labute approximate surface area is 126 Å². The molecule has 1 aliphatic carbocycles. The Morgan fingerprint density at radius 3 is 2.76 bits per heavy atom. The molecule has 5 nitrogen and oxygen atoms in total. The lowest BCUT2D eigenvalue weighted by Gasteiger charge is -2.08. The summed E-state index contributed by atoms with van der Waals surface area (Å²) in [6, 6.07) is 2.36. The van der Waals surface area contributed by atoms with E-state index in [0.29, 0.717) is 11.0 Å². The van der Waals surface area contributed by atoms with E-state index in [1.54, 1.807) is 0 Å². The maximum Gasteiger partial charge on any atom is 0.263 e. The topological polar surface area (TPSA) is 85.1 Å². The highest BCUT2D eigenvalue weighted by molar-refractivity contribution is 7.93. The fraction of sp³-hybridized carbons (Fsp3) is 0.308. The number of nitrogens with two attached hydrogens (primary N) is 1. The molecule has 3 N–H and O–H groups in total. The van der Waals surface area contributed by atoms with Crippen LogP contribution in [0.2, 0.25) is 0 Å². The number of sulfonamides is 1. The molecule has 112 valence electrons. The summed E-state index contributed by atoms with van der Waals surface area (Å²) in [6.45, 7) is 1.47. The van der Waals surface area contributed by atoms with Gasteiger partial charge in [-0.3, -0.25) is 4.72 Å². The van der Waals surface area contributed by atoms with Crippen LogP contribution in [-0.2, 0) is 10.0 Å². The monoisotopic (exact) mass is 327 g/mol. The van der Waals surface area contributed by atoms with Crippen LogP contribution in [0.1, 0.15) is 30.0 Å². The summed E-state index contributed by atoms with van der Waals surface area (Å²) in [5.41, 5.74) is 6.41. The van der Waals surface area contributed by atoms with Gasteiger partial charge in [0.15, 0.2) is 5.13 Å². The number of hydrogen-bond donors (Lipinski definition) is 2. The van der Waals surface area contributed by atoms with Crippen LogP contribution in [0.3, 0.4) is 0 Å². The summed E-state index contributed by atoms with van der Waals surface area (Å²) in [4.78, 5) is 4.20. The quantitative estimate of drug-likeness (QED) is 0.846. The van der Waals surface area contributed by atoms with E-state index in [1.807, 2.05) is 5.38 Å². The maximum absolute atomic E-state index is 13.5. The number of aromatic nitrogens is 1. The number of thiazole rings is 1. The largest absolute Gasteiger partial charge is 0.396 e. The number of hydrogen-bond acceptors (Lipinski definition) is 5. The van der Waals surface area contributed by atoms with Gasteiger partial charge in [-0.15, -0.1) is 11.3 Å². The van der Waals surface area contributed by atoms with Gasteiger partial charge in [0.05, 0.1) is 16.3 Å². The Morgan fingerprint density at radius 1 is 1.43 bits per heavy atom. The average molecular weight is 327 g/mol. The minimum atomic E-state index is -3.82. The molecule has 1 heterocycles. The van der Waals surface area contributed by atoms with Gasteiger partial charge in [-0.25, -0.2) is 17.8 Å². The zero-order valence-corrected chi connectivity index (χ0v) is 12.9. The summed E-state index contributed by atoms with van der Waals surface area (Å²) in [5, 5.41) is 2.18. The second kappa shape index (κ2) is 4.96. The molecule has 0 bridgehead atoms. The van der Waals surface area contributed by atoms with Crippen molar-refractivity contribution in [2.45, 2.75) is 30.6 Å². The van der Waals surface area contributed by atoms with Gasteiger partial charge in [0.25, 0.3) is 10.0 Å². The molecule has 1 aromatic heterocycles. The first-order chi connectivity index (χ1) is 9.87. The van der Waals surface area contributed by atoms with Gasteiger partial charge in [0.2, 0.25) is 0 Å². The summed E-state index contributed by atoms with van der Waals surface area (Å²) < 4.78 is 40.5. The van der Waals surface area contributed by atoms with Gasteiger partial charge >= 0.3 is 0 Å². The molecule has 0 atom stereocenters. The Balaban J connectivity index is 1.88. The van der Waals surface area contributed by atoms with E-state index in [2.05, 4.69) is 9.71 Å². The molecular formula is C13H14FN3O2S2. The lowest BCUT2D eigenvalue weighted by atomic mass is 10.2. The molecule has 1 fully saturated rings. The number of rotatable bonds is 4.